The van der Waals surface area contributed by atoms with E-state index < -0.39 is 152 Å². The molecule has 79 heavy (non-hydrogen) atoms. The zero-order valence-corrected chi connectivity index (χ0v) is 46.1. The van der Waals surface area contributed by atoms with Crippen molar-refractivity contribution in [1.82, 2.24) is 0 Å². The number of carboxylic acids is 1. The number of allylic oxidation sites excluding steroid dienone is 2. The summed E-state index contributed by atoms with van der Waals surface area (Å²) < 4.78 is 46.4. The van der Waals surface area contributed by atoms with Crippen molar-refractivity contribution in [3.05, 3.63) is 41.5 Å². The van der Waals surface area contributed by atoms with Gasteiger partial charge in [-0.15, -0.1) is 0 Å². The Morgan fingerprint density at radius 1 is 0.734 bits per heavy atom. The maximum atomic E-state index is 15.2. The number of esters is 2. The van der Waals surface area contributed by atoms with Gasteiger partial charge < -0.3 is 94.1 Å². The van der Waals surface area contributed by atoms with Crippen LogP contribution in [0.15, 0.2) is 35.9 Å². The predicted octanol–water partition coefficient (Wildman–Crippen LogP) is 1.47. The smallest absolute Gasteiger partial charge is 0.335 e. The molecule has 4 saturated carbocycles. The van der Waals surface area contributed by atoms with E-state index in [0.29, 0.717) is 31.2 Å². The Morgan fingerprint density at radius 3 is 2.11 bits per heavy atom. The summed E-state index contributed by atoms with van der Waals surface area (Å²) in [5.41, 5.74) is -1.93. The van der Waals surface area contributed by atoms with Gasteiger partial charge in [0.1, 0.15) is 60.4 Å². The number of aliphatic hydroxyl groups excluding tert-OH is 10. The van der Waals surface area contributed by atoms with E-state index in [9.17, 15) is 65.8 Å². The van der Waals surface area contributed by atoms with E-state index in [4.69, 9.17) is 37.9 Å². The molecule has 3 saturated heterocycles. The lowest BCUT2D eigenvalue weighted by molar-refractivity contribution is -0.324. The summed E-state index contributed by atoms with van der Waals surface area (Å²) in [4.78, 5) is 40.7. The number of aliphatic carboxylic acids is 1. The fourth-order valence-corrected chi connectivity index (χ4v) is 16.0. The van der Waals surface area contributed by atoms with Gasteiger partial charge in [0, 0.05) is 6.08 Å². The molecule has 0 bridgehead atoms. The molecule has 3 aliphatic heterocycles. The molecule has 23 atom stereocenters. The molecule has 1 aromatic rings. The van der Waals surface area contributed by atoms with Gasteiger partial charge in [0.25, 0.3) is 0 Å². The molecule has 0 aromatic heterocycles. The number of benzene rings is 1. The average Bonchev–Trinajstić information content (AvgIpc) is 3.54. The second kappa shape index (κ2) is 21.7. The highest BCUT2D eigenvalue weighted by molar-refractivity contribution is 5.87. The van der Waals surface area contributed by atoms with Crippen LogP contribution in [-0.4, -0.2) is 193 Å². The largest absolute Gasteiger partial charge is 0.493 e. The van der Waals surface area contributed by atoms with Gasteiger partial charge in [-0.05, 0) is 126 Å². The number of hydrogen-bond donors (Lipinski definition) is 11. The number of fused-ring (bicyclic) bond motifs is 7. The zero-order chi connectivity index (χ0) is 57.7. The first-order valence-corrected chi connectivity index (χ1v) is 27.7. The SMILES string of the molecule is COc1cc(/C=C/C(=O)O[C@@H]2[C@@H](OC(=O)[C@]34CCC(C)(C)C[C@H]3C3=CC[C@H]5[C@@]6(C)CC[C@@H](O[C@@H]7O[C@H](C(=O)O)[C@H](O)[C@H](O)[C@H]7O)C(C)(C)[C@H]6CC[C@]5(C)[C@]3(C)C[C@H]4O)OC[C@H](O)[C@@H]2O)ccc1O[C@@H]1O[C@H](CO)[C@H](O)[C@H](O)[C@@H]1O. The van der Waals surface area contributed by atoms with E-state index in [2.05, 4.69) is 54.5 Å². The number of hydrogen-bond acceptors (Lipinski definition) is 21. The van der Waals surface area contributed by atoms with Gasteiger partial charge in [0.15, 0.2) is 30.0 Å². The van der Waals surface area contributed by atoms with Crippen LogP contribution in [0.5, 0.6) is 11.5 Å². The highest BCUT2D eigenvalue weighted by atomic mass is 16.7. The van der Waals surface area contributed by atoms with Gasteiger partial charge in [-0.25, -0.2) is 9.59 Å². The van der Waals surface area contributed by atoms with Gasteiger partial charge in [0.2, 0.25) is 12.6 Å². The van der Waals surface area contributed by atoms with Crippen LogP contribution in [0.2, 0.25) is 0 Å². The summed E-state index contributed by atoms with van der Waals surface area (Å²) in [6.07, 6.45) is -14.7. The first-order valence-electron chi connectivity index (χ1n) is 27.7. The Hall–Kier alpha value is -3.85. The van der Waals surface area contributed by atoms with Gasteiger partial charge in [-0.2, -0.15) is 0 Å². The Balaban J connectivity index is 0.922. The van der Waals surface area contributed by atoms with Crippen LogP contribution in [0.3, 0.4) is 0 Å². The van der Waals surface area contributed by atoms with Crippen molar-refractivity contribution in [2.45, 2.75) is 204 Å². The van der Waals surface area contributed by atoms with Crippen LogP contribution in [0.25, 0.3) is 6.08 Å². The molecule has 0 unspecified atom stereocenters. The van der Waals surface area contributed by atoms with Crippen LogP contribution in [0, 0.1) is 50.2 Å². The van der Waals surface area contributed by atoms with Gasteiger partial charge >= 0.3 is 17.9 Å². The summed E-state index contributed by atoms with van der Waals surface area (Å²) in [6, 6.07) is 4.41. The highest BCUT2D eigenvalue weighted by Gasteiger charge is 2.72. The Bertz CT molecular complexity index is 2500. The minimum Gasteiger partial charge on any atom is -0.493 e. The molecule has 0 spiro atoms. The van der Waals surface area contributed by atoms with E-state index in [1.54, 1.807) is 0 Å². The summed E-state index contributed by atoms with van der Waals surface area (Å²) >= 11 is 0. The van der Waals surface area contributed by atoms with Crippen molar-refractivity contribution in [1.29, 1.82) is 0 Å². The normalized spacial score (nSPS) is 46.3. The molecule has 11 N–H and O–H groups in total. The van der Waals surface area contributed by atoms with E-state index in [1.807, 2.05) is 0 Å². The molecule has 442 valence electrons. The summed E-state index contributed by atoms with van der Waals surface area (Å²) in [5, 5.41) is 117. The number of ether oxygens (including phenoxy) is 8. The summed E-state index contributed by atoms with van der Waals surface area (Å²) in [7, 11) is 1.34. The van der Waals surface area contributed by atoms with Crippen molar-refractivity contribution in [3.63, 3.8) is 0 Å². The third kappa shape index (κ3) is 10.0. The Morgan fingerprint density at radius 2 is 1.43 bits per heavy atom. The van der Waals surface area contributed by atoms with Gasteiger partial charge in [0.05, 0.1) is 32.5 Å². The lowest BCUT2D eigenvalue weighted by Gasteiger charge is -2.71. The quantitative estimate of drug-likeness (QED) is 0.0611. The maximum Gasteiger partial charge on any atom is 0.335 e. The lowest BCUT2D eigenvalue weighted by atomic mass is 9.33. The molecule has 0 radical (unpaired) electrons. The van der Waals surface area contributed by atoms with E-state index in [-0.39, 0.29) is 52.4 Å². The second-order valence-electron chi connectivity index (χ2n) is 25.8. The van der Waals surface area contributed by atoms with Crippen LogP contribution in [0.1, 0.15) is 112 Å². The number of carbonyl (C=O) groups excluding carboxylic acids is 2. The predicted molar refractivity (Wildman–Crippen MR) is 274 cm³/mol. The lowest BCUT2D eigenvalue weighted by Crippen LogP contribution is -2.68. The van der Waals surface area contributed by atoms with E-state index in [1.165, 1.54) is 31.4 Å². The van der Waals surface area contributed by atoms with Crippen LogP contribution in [-0.2, 0) is 42.8 Å². The summed E-state index contributed by atoms with van der Waals surface area (Å²) in [6.45, 7) is 14.3. The number of carboxylic acid groups (broad SMARTS) is 1. The van der Waals surface area contributed by atoms with Gasteiger partial charge in [-0.3, -0.25) is 4.79 Å². The molecule has 0 amide bonds. The summed E-state index contributed by atoms with van der Waals surface area (Å²) in [5.74, 6) is -3.35. The number of methoxy groups -OCH3 is 1. The fourth-order valence-electron chi connectivity index (χ4n) is 16.0. The van der Waals surface area contributed by atoms with Crippen LogP contribution >= 0.6 is 0 Å². The third-order valence-corrected chi connectivity index (χ3v) is 20.7. The first kappa shape index (κ1) is 59.8. The topological polar surface area (TPSA) is 348 Å². The standard InChI is InChI=1S/C57H82O22/c1-52(2)19-20-57(51(71)79-50-46(38(62)29(59)25-73-50)77-37(61)14-10-26-9-12-30(31(21-26)72-8)74-48-43(67)40(64)39(63)32(24-58)75-48)28(22-52)27-11-13-34-54(5)17-16-36(76-49-44(68)41(65)42(66)45(78-49)47(69)70)53(3,4)33(54)15-18-55(34,6)56(27,7)23-35(57)60/h9-12,14,21,28-29,32-36,38-46,48-50,58-60,62-68H,13,15-20,22-25H2,1-8H3,(H,69,70)/b14-10+/t28-,29-,32+,33+,34-,35+,36+,38-,39-,40-,41-,42+,43-,44+,45-,46-,48+,49+,50+,54-,55-,56+,57+/m0/s1. The molecule has 5 aliphatic carbocycles. The second-order valence-corrected chi connectivity index (χ2v) is 25.8. The third-order valence-electron chi connectivity index (χ3n) is 20.7. The molecule has 8 aliphatic rings. The monoisotopic (exact) mass is 1120 g/mol. The van der Waals surface area contributed by atoms with Crippen molar-refractivity contribution >= 4 is 24.0 Å². The fraction of sp³-hybridized carbons (Fsp3) is 0.772. The molecule has 22 nitrogen and oxygen atoms in total. The minimum absolute atomic E-state index is 0.0513. The van der Waals surface area contributed by atoms with Crippen molar-refractivity contribution < 1.29 is 108 Å². The molecular weight excluding hydrogens is 1040 g/mol. The van der Waals surface area contributed by atoms with Crippen molar-refractivity contribution in [2.75, 3.05) is 20.3 Å². The maximum absolute atomic E-state index is 15.2. The molecule has 7 fully saturated rings. The van der Waals surface area contributed by atoms with Gasteiger partial charge in [-0.1, -0.05) is 66.2 Å². The molecule has 9 rings (SSSR count). The van der Waals surface area contributed by atoms with Crippen molar-refractivity contribution in [3.8, 4) is 11.5 Å². The first-order chi connectivity index (χ1) is 37.0. The Kier molecular flexibility index (Phi) is 16.4. The minimum atomic E-state index is -1.84. The van der Waals surface area contributed by atoms with E-state index >= 15 is 4.79 Å². The Labute approximate surface area is 459 Å². The van der Waals surface area contributed by atoms with Crippen LogP contribution in [0.4, 0.5) is 0 Å². The number of aliphatic hydroxyl groups is 10. The van der Waals surface area contributed by atoms with Crippen LogP contribution < -0.4 is 9.47 Å². The van der Waals surface area contributed by atoms with E-state index in [0.717, 1.165) is 30.9 Å². The molecule has 22 heteroatoms. The number of rotatable bonds is 12. The molecule has 1 aromatic carbocycles. The number of carbonyl (C=O) groups is 3. The highest BCUT2D eigenvalue weighted by Crippen LogP contribution is 2.76. The average molecular weight is 1120 g/mol. The molecule has 3 heterocycles. The zero-order valence-electron chi connectivity index (χ0n) is 46.1. The van der Waals surface area contributed by atoms with Crippen molar-refractivity contribution in [2.24, 2.45) is 50.2 Å². The molecular formula is C57H82O22.